The van der Waals surface area contributed by atoms with Gasteiger partial charge in [-0.25, -0.2) is 13.1 Å². The third-order valence-corrected chi connectivity index (χ3v) is 6.51. The van der Waals surface area contributed by atoms with E-state index in [4.69, 9.17) is 16.7 Å². The van der Waals surface area contributed by atoms with Gasteiger partial charge in [-0.3, -0.25) is 4.79 Å². The van der Waals surface area contributed by atoms with Crippen LogP contribution >= 0.6 is 22.9 Å². The lowest BCUT2D eigenvalue weighted by atomic mass is 10.1. The molecule has 1 saturated carbocycles. The summed E-state index contributed by atoms with van der Waals surface area (Å²) in [7, 11) is -3.69. The summed E-state index contributed by atoms with van der Waals surface area (Å²) in [6, 6.07) is 0.962. The van der Waals surface area contributed by atoms with E-state index in [1.807, 2.05) is 0 Å². The van der Waals surface area contributed by atoms with Crippen LogP contribution in [0.15, 0.2) is 10.3 Å². The number of carboxylic acid groups (broad SMARTS) is 1. The molecular formula is C11H14ClNO4S2. The molecule has 0 aliphatic heterocycles. The number of rotatable bonds is 6. The lowest BCUT2D eigenvalue weighted by molar-refractivity contribution is -0.137. The highest BCUT2D eigenvalue weighted by Crippen LogP contribution is 2.36. The molecule has 1 unspecified atom stereocenters. The summed E-state index contributed by atoms with van der Waals surface area (Å²) in [4.78, 5) is 10.8. The first-order chi connectivity index (χ1) is 8.79. The van der Waals surface area contributed by atoms with Crippen LogP contribution in [0.1, 0.15) is 24.8 Å². The van der Waals surface area contributed by atoms with Gasteiger partial charge >= 0.3 is 5.97 Å². The Morgan fingerprint density at radius 3 is 2.68 bits per heavy atom. The van der Waals surface area contributed by atoms with Crippen LogP contribution in [0.2, 0.25) is 4.34 Å². The fourth-order valence-corrected chi connectivity index (χ4v) is 4.84. The number of hydrogen-bond acceptors (Lipinski definition) is 4. The Kier molecular flexibility index (Phi) is 4.20. The summed E-state index contributed by atoms with van der Waals surface area (Å²) >= 11 is 6.85. The Hall–Kier alpha value is -0.630. The molecule has 0 bridgehead atoms. The van der Waals surface area contributed by atoms with E-state index in [-0.39, 0.29) is 16.5 Å². The van der Waals surface area contributed by atoms with Crippen LogP contribution in [0.5, 0.6) is 0 Å². The van der Waals surface area contributed by atoms with Crippen LogP contribution in [0, 0.1) is 12.8 Å². The minimum atomic E-state index is -3.69. The molecule has 106 valence electrons. The quantitative estimate of drug-likeness (QED) is 0.841. The molecule has 0 amide bonds. The van der Waals surface area contributed by atoms with Crippen molar-refractivity contribution in [1.29, 1.82) is 0 Å². The van der Waals surface area contributed by atoms with Crippen molar-refractivity contribution in [3.63, 3.8) is 0 Å². The minimum absolute atomic E-state index is 0.127. The van der Waals surface area contributed by atoms with E-state index >= 15 is 0 Å². The summed E-state index contributed by atoms with van der Waals surface area (Å²) in [5.41, 5.74) is 0.702. The predicted octanol–water partition coefficient (Wildman–Crippen LogP) is 2.24. The Morgan fingerprint density at radius 2 is 2.26 bits per heavy atom. The van der Waals surface area contributed by atoms with Crippen molar-refractivity contribution in [2.24, 2.45) is 5.92 Å². The fourth-order valence-electron chi connectivity index (χ4n) is 1.81. The van der Waals surface area contributed by atoms with Crippen LogP contribution in [-0.2, 0) is 14.8 Å². The summed E-state index contributed by atoms with van der Waals surface area (Å²) in [6.07, 6.45) is 1.54. The first-order valence-electron chi connectivity index (χ1n) is 5.79. The summed E-state index contributed by atoms with van der Waals surface area (Å²) in [5, 5.41) is 8.82. The lowest BCUT2D eigenvalue weighted by Gasteiger charge is -2.15. The van der Waals surface area contributed by atoms with Crippen molar-refractivity contribution in [2.45, 2.75) is 36.4 Å². The maximum atomic E-state index is 12.2. The second-order valence-electron chi connectivity index (χ2n) is 4.69. The molecule has 19 heavy (non-hydrogen) atoms. The first-order valence-corrected chi connectivity index (χ1v) is 8.47. The van der Waals surface area contributed by atoms with E-state index in [1.165, 1.54) is 6.07 Å². The molecule has 1 aromatic heterocycles. The van der Waals surface area contributed by atoms with Crippen LogP contribution in [-0.4, -0.2) is 25.5 Å². The summed E-state index contributed by atoms with van der Waals surface area (Å²) in [6.45, 7) is 1.73. The van der Waals surface area contributed by atoms with Crippen molar-refractivity contribution in [2.75, 3.05) is 0 Å². The minimum Gasteiger partial charge on any atom is -0.481 e. The number of hydrogen-bond donors (Lipinski definition) is 2. The van der Waals surface area contributed by atoms with Crippen molar-refractivity contribution in [3.05, 3.63) is 16.0 Å². The van der Waals surface area contributed by atoms with Gasteiger partial charge in [0.15, 0.2) is 0 Å². The molecule has 0 radical (unpaired) electrons. The molecule has 1 heterocycles. The van der Waals surface area contributed by atoms with Crippen LogP contribution in [0.3, 0.4) is 0 Å². The Labute approximate surface area is 120 Å². The third kappa shape index (κ3) is 3.68. The monoisotopic (exact) mass is 323 g/mol. The fraction of sp³-hybridized carbons (Fsp3) is 0.545. The van der Waals surface area contributed by atoms with Gasteiger partial charge in [0.1, 0.15) is 4.21 Å². The number of thiophene rings is 1. The molecule has 1 aliphatic rings. The Balaban J connectivity index is 2.17. The highest BCUT2D eigenvalue weighted by molar-refractivity contribution is 7.91. The van der Waals surface area contributed by atoms with Gasteiger partial charge in [-0.1, -0.05) is 11.6 Å². The van der Waals surface area contributed by atoms with Crippen LogP contribution < -0.4 is 4.72 Å². The predicted molar refractivity (Wildman–Crippen MR) is 73.2 cm³/mol. The molecule has 1 aliphatic carbocycles. The van der Waals surface area contributed by atoms with Gasteiger partial charge in [0.05, 0.1) is 10.8 Å². The van der Waals surface area contributed by atoms with Gasteiger partial charge < -0.3 is 5.11 Å². The summed E-state index contributed by atoms with van der Waals surface area (Å²) in [5.74, 6) is -0.873. The standard InChI is InChI=1S/C11H14ClNO4S2/c1-6-4-10(18-11(6)12)19(16,17)13-8(5-9(14)15)7-2-3-7/h4,7-8,13H,2-3,5H2,1H3,(H,14,15). The highest BCUT2D eigenvalue weighted by Gasteiger charge is 2.36. The van der Waals surface area contributed by atoms with Gasteiger partial charge in [-0.15, -0.1) is 11.3 Å². The number of aliphatic carboxylic acids is 1. The second-order valence-corrected chi connectivity index (χ2v) is 8.28. The van der Waals surface area contributed by atoms with E-state index in [0.29, 0.717) is 9.90 Å². The Morgan fingerprint density at radius 1 is 1.63 bits per heavy atom. The zero-order chi connectivity index (χ0) is 14.2. The normalized spacial score (nSPS) is 17.4. The number of halogens is 1. The maximum Gasteiger partial charge on any atom is 0.304 e. The number of carboxylic acids is 1. The first kappa shape index (κ1) is 14.8. The third-order valence-electron chi connectivity index (χ3n) is 2.99. The number of aryl methyl sites for hydroxylation is 1. The van der Waals surface area contributed by atoms with E-state index in [1.54, 1.807) is 6.92 Å². The molecular weight excluding hydrogens is 310 g/mol. The van der Waals surface area contributed by atoms with Gasteiger partial charge in [0.25, 0.3) is 0 Å². The topological polar surface area (TPSA) is 83.5 Å². The highest BCUT2D eigenvalue weighted by atomic mass is 35.5. The van der Waals surface area contributed by atoms with E-state index in [9.17, 15) is 13.2 Å². The van der Waals surface area contributed by atoms with Crippen LogP contribution in [0.4, 0.5) is 0 Å². The molecule has 0 aromatic carbocycles. The van der Waals surface area contributed by atoms with E-state index in [2.05, 4.69) is 4.72 Å². The van der Waals surface area contributed by atoms with Crippen molar-refractivity contribution < 1.29 is 18.3 Å². The SMILES string of the molecule is Cc1cc(S(=O)(=O)NC(CC(=O)O)C2CC2)sc1Cl. The number of sulfonamides is 1. The molecule has 1 aromatic rings. The largest absolute Gasteiger partial charge is 0.481 e. The summed E-state index contributed by atoms with van der Waals surface area (Å²) < 4.78 is 27.4. The average molecular weight is 324 g/mol. The van der Waals surface area contributed by atoms with Gasteiger partial charge in [0.2, 0.25) is 10.0 Å². The van der Waals surface area contributed by atoms with Crippen molar-refractivity contribution >= 4 is 38.9 Å². The molecule has 5 nitrogen and oxygen atoms in total. The zero-order valence-electron chi connectivity index (χ0n) is 10.2. The Bertz CT molecular complexity index is 572. The molecule has 2 rings (SSSR count). The van der Waals surface area contributed by atoms with E-state index < -0.39 is 22.0 Å². The van der Waals surface area contributed by atoms with Crippen LogP contribution in [0.25, 0.3) is 0 Å². The smallest absolute Gasteiger partial charge is 0.304 e. The molecule has 0 spiro atoms. The maximum absolute atomic E-state index is 12.2. The van der Waals surface area contributed by atoms with E-state index in [0.717, 1.165) is 24.2 Å². The zero-order valence-corrected chi connectivity index (χ0v) is 12.6. The van der Waals surface area contributed by atoms with Crippen molar-refractivity contribution in [1.82, 2.24) is 4.72 Å². The average Bonchev–Trinajstić information content (AvgIpc) is 3.05. The van der Waals surface area contributed by atoms with Crippen molar-refractivity contribution in [3.8, 4) is 0 Å². The van der Waals surface area contributed by atoms with Gasteiger partial charge in [-0.2, -0.15) is 0 Å². The number of carbonyl (C=O) groups is 1. The van der Waals surface area contributed by atoms with Gasteiger partial charge in [0, 0.05) is 6.04 Å². The molecule has 0 saturated heterocycles. The molecule has 2 N–H and O–H groups in total. The van der Waals surface area contributed by atoms with Gasteiger partial charge in [-0.05, 0) is 37.3 Å². The molecule has 8 heteroatoms. The second kappa shape index (κ2) is 5.40. The molecule has 1 fully saturated rings. The number of nitrogens with one attached hydrogen (secondary N) is 1. The lowest BCUT2D eigenvalue weighted by Crippen LogP contribution is -2.37. The molecule has 1 atom stereocenters.